The third-order valence-electron chi connectivity index (χ3n) is 2.49. The van der Waals surface area contributed by atoms with Crippen LogP contribution in [-0.2, 0) is 6.42 Å². The van der Waals surface area contributed by atoms with E-state index in [-0.39, 0.29) is 5.54 Å². The number of halogens is 1. The fourth-order valence-corrected chi connectivity index (χ4v) is 2.60. The van der Waals surface area contributed by atoms with Gasteiger partial charge in [-0.2, -0.15) is 0 Å². The lowest BCUT2D eigenvalue weighted by atomic mass is 9.95. The topological polar surface area (TPSA) is 53.7 Å². The SMILES string of the molecule is COc1cc(CC(C)(C)N)c(OC)c(Br)c1OC. The fourth-order valence-electron chi connectivity index (χ4n) is 1.83. The number of hydrogen-bond acceptors (Lipinski definition) is 4. The molecule has 1 rings (SSSR count). The van der Waals surface area contributed by atoms with Crippen LogP contribution >= 0.6 is 15.9 Å². The third kappa shape index (κ3) is 3.29. The van der Waals surface area contributed by atoms with Crippen molar-refractivity contribution in [3.05, 3.63) is 16.1 Å². The van der Waals surface area contributed by atoms with Crippen molar-refractivity contribution in [3.63, 3.8) is 0 Å². The minimum atomic E-state index is -0.327. The zero-order chi connectivity index (χ0) is 13.9. The van der Waals surface area contributed by atoms with Crippen LogP contribution in [0.1, 0.15) is 19.4 Å². The summed E-state index contributed by atoms with van der Waals surface area (Å²) in [7, 11) is 4.82. The van der Waals surface area contributed by atoms with Crippen molar-refractivity contribution in [1.82, 2.24) is 0 Å². The fraction of sp³-hybridized carbons (Fsp3) is 0.538. The zero-order valence-electron chi connectivity index (χ0n) is 11.5. The van der Waals surface area contributed by atoms with Crippen LogP contribution in [0.15, 0.2) is 10.5 Å². The van der Waals surface area contributed by atoms with Crippen molar-refractivity contribution in [2.24, 2.45) is 5.73 Å². The standard InChI is InChI=1S/C13H20BrNO3/c1-13(2,15)7-8-6-9(16-3)12(18-5)10(14)11(8)17-4/h6H,7,15H2,1-5H3. The van der Waals surface area contributed by atoms with Gasteiger partial charge in [0.05, 0.1) is 21.3 Å². The third-order valence-corrected chi connectivity index (χ3v) is 3.21. The number of benzene rings is 1. The van der Waals surface area contributed by atoms with E-state index in [0.29, 0.717) is 17.9 Å². The summed E-state index contributed by atoms with van der Waals surface area (Å²) in [5.74, 6) is 2.00. The van der Waals surface area contributed by atoms with Crippen molar-refractivity contribution >= 4 is 15.9 Å². The average molecular weight is 318 g/mol. The van der Waals surface area contributed by atoms with E-state index in [1.165, 1.54) is 0 Å². The Kier molecular flexibility index (Phi) is 4.87. The highest BCUT2D eigenvalue weighted by Gasteiger charge is 2.22. The van der Waals surface area contributed by atoms with Crippen LogP contribution in [0.25, 0.3) is 0 Å². The first-order chi connectivity index (χ1) is 8.34. The van der Waals surface area contributed by atoms with E-state index in [4.69, 9.17) is 19.9 Å². The molecule has 0 atom stereocenters. The normalized spacial score (nSPS) is 11.3. The predicted molar refractivity (Wildman–Crippen MR) is 75.8 cm³/mol. The van der Waals surface area contributed by atoms with Gasteiger partial charge >= 0.3 is 0 Å². The van der Waals surface area contributed by atoms with Crippen molar-refractivity contribution in [2.75, 3.05) is 21.3 Å². The van der Waals surface area contributed by atoms with E-state index in [1.54, 1.807) is 21.3 Å². The van der Waals surface area contributed by atoms with Gasteiger partial charge in [-0.1, -0.05) is 0 Å². The highest BCUT2D eigenvalue weighted by Crippen LogP contribution is 2.44. The molecule has 0 bridgehead atoms. The monoisotopic (exact) mass is 317 g/mol. The largest absolute Gasteiger partial charge is 0.495 e. The van der Waals surface area contributed by atoms with Gasteiger partial charge in [0.2, 0.25) is 0 Å². The maximum absolute atomic E-state index is 6.06. The molecule has 18 heavy (non-hydrogen) atoms. The van der Waals surface area contributed by atoms with Crippen LogP contribution in [0.4, 0.5) is 0 Å². The van der Waals surface area contributed by atoms with Crippen LogP contribution in [0.5, 0.6) is 17.2 Å². The van der Waals surface area contributed by atoms with E-state index in [9.17, 15) is 0 Å². The Morgan fingerprint density at radius 2 is 1.67 bits per heavy atom. The maximum Gasteiger partial charge on any atom is 0.178 e. The molecule has 0 saturated heterocycles. The summed E-state index contributed by atoms with van der Waals surface area (Å²) < 4.78 is 16.8. The van der Waals surface area contributed by atoms with Crippen molar-refractivity contribution < 1.29 is 14.2 Å². The van der Waals surface area contributed by atoms with E-state index >= 15 is 0 Å². The molecule has 0 heterocycles. The lowest BCUT2D eigenvalue weighted by molar-refractivity contribution is 0.343. The summed E-state index contributed by atoms with van der Waals surface area (Å²) in [5.41, 5.74) is 6.71. The van der Waals surface area contributed by atoms with Crippen LogP contribution in [0.2, 0.25) is 0 Å². The van der Waals surface area contributed by atoms with Gasteiger partial charge in [0, 0.05) is 11.1 Å². The van der Waals surface area contributed by atoms with Gasteiger partial charge in [0.25, 0.3) is 0 Å². The van der Waals surface area contributed by atoms with E-state index in [0.717, 1.165) is 15.8 Å². The van der Waals surface area contributed by atoms with Gasteiger partial charge in [0.1, 0.15) is 10.2 Å². The second kappa shape index (κ2) is 5.80. The average Bonchev–Trinajstić information content (AvgIpc) is 2.26. The lowest BCUT2D eigenvalue weighted by Crippen LogP contribution is -2.34. The summed E-state index contributed by atoms with van der Waals surface area (Å²) >= 11 is 3.48. The highest BCUT2D eigenvalue weighted by molar-refractivity contribution is 9.10. The van der Waals surface area contributed by atoms with Crippen LogP contribution in [0, 0.1) is 0 Å². The Balaban J connectivity index is 3.37. The molecule has 4 nitrogen and oxygen atoms in total. The molecule has 0 radical (unpaired) electrons. The lowest BCUT2D eigenvalue weighted by Gasteiger charge is -2.22. The second-order valence-electron chi connectivity index (χ2n) is 4.78. The zero-order valence-corrected chi connectivity index (χ0v) is 13.1. The molecule has 0 aliphatic rings. The van der Waals surface area contributed by atoms with E-state index in [1.807, 2.05) is 19.9 Å². The van der Waals surface area contributed by atoms with E-state index in [2.05, 4.69) is 15.9 Å². The van der Waals surface area contributed by atoms with Crippen LogP contribution < -0.4 is 19.9 Å². The van der Waals surface area contributed by atoms with Crippen LogP contribution in [0.3, 0.4) is 0 Å². The molecule has 1 aromatic rings. The molecule has 0 aliphatic carbocycles. The number of hydrogen-bond donors (Lipinski definition) is 1. The van der Waals surface area contributed by atoms with Gasteiger partial charge in [0.15, 0.2) is 11.5 Å². The molecule has 5 heteroatoms. The molecule has 1 aromatic carbocycles. The smallest absolute Gasteiger partial charge is 0.178 e. The number of methoxy groups -OCH3 is 3. The first kappa shape index (κ1) is 15.1. The van der Waals surface area contributed by atoms with Gasteiger partial charge in [-0.05, 0) is 42.3 Å². The van der Waals surface area contributed by atoms with Gasteiger partial charge in [-0.25, -0.2) is 0 Å². The second-order valence-corrected chi connectivity index (χ2v) is 5.58. The van der Waals surface area contributed by atoms with Crippen molar-refractivity contribution in [3.8, 4) is 17.2 Å². The predicted octanol–water partition coefficient (Wildman–Crippen LogP) is 2.75. The molecule has 0 spiro atoms. The molecule has 2 N–H and O–H groups in total. The maximum atomic E-state index is 6.06. The minimum absolute atomic E-state index is 0.327. The van der Waals surface area contributed by atoms with Crippen LogP contribution in [-0.4, -0.2) is 26.9 Å². The van der Waals surface area contributed by atoms with E-state index < -0.39 is 0 Å². The summed E-state index contributed by atoms with van der Waals surface area (Å²) in [6.07, 6.45) is 0.676. The summed E-state index contributed by atoms with van der Waals surface area (Å²) in [4.78, 5) is 0. The summed E-state index contributed by atoms with van der Waals surface area (Å²) in [5, 5.41) is 0. The van der Waals surface area contributed by atoms with Gasteiger partial charge in [-0.15, -0.1) is 0 Å². The van der Waals surface area contributed by atoms with Gasteiger partial charge < -0.3 is 19.9 Å². The first-order valence-corrected chi connectivity index (χ1v) is 6.39. The molecule has 0 fully saturated rings. The van der Waals surface area contributed by atoms with Crippen molar-refractivity contribution in [2.45, 2.75) is 25.8 Å². The number of rotatable bonds is 5. The molecule has 0 amide bonds. The Morgan fingerprint density at radius 3 is 2.06 bits per heavy atom. The molecular formula is C13H20BrNO3. The molecular weight excluding hydrogens is 298 g/mol. The highest BCUT2D eigenvalue weighted by atomic mass is 79.9. The Morgan fingerprint density at radius 1 is 1.11 bits per heavy atom. The molecule has 0 aliphatic heterocycles. The molecule has 0 unspecified atom stereocenters. The Hall–Kier alpha value is -0.940. The summed E-state index contributed by atoms with van der Waals surface area (Å²) in [6, 6.07) is 1.90. The van der Waals surface area contributed by atoms with Crippen molar-refractivity contribution in [1.29, 1.82) is 0 Å². The van der Waals surface area contributed by atoms with Gasteiger partial charge in [-0.3, -0.25) is 0 Å². The summed E-state index contributed by atoms with van der Waals surface area (Å²) in [6.45, 7) is 3.94. The Bertz CT molecular complexity index is 427. The molecule has 102 valence electrons. The Labute approximate surface area is 117 Å². The first-order valence-electron chi connectivity index (χ1n) is 5.60. The number of ether oxygens (including phenoxy) is 3. The quantitative estimate of drug-likeness (QED) is 0.907. The minimum Gasteiger partial charge on any atom is -0.495 e. The molecule has 0 saturated carbocycles. The molecule has 0 aromatic heterocycles. The number of nitrogens with two attached hydrogens (primary N) is 1.